The molecule has 0 spiro atoms. The minimum absolute atomic E-state index is 0.0412. The van der Waals surface area contributed by atoms with Crippen molar-refractivity contribution in [2.75, 3.05) is 20.8 Å². The van der Waals surface area contributed by atoms with Gasteiger partial charge in [-0.25, -0.2) is 4.39 Å². The summed E-state index contributed by atoms with van der Waals surface area (Å²) < 4.78 is 24.0. The topological polar surface area (TPSA) is 38.8 Å². The van der Waals surface area contributed by atoms with Crippen molar-refractivity contribution >= 4 is 12.0 Å². The van der Waals surface area contributed by atoms with E-state index < -0.39 is 0 Å². The van der Waals surface area contributed by atoms with E-state index in [0.717, 1.165) is 18.4 Å². The molecule has 0 radical (unpaired) electrons. The van der Waals surface area contributed by atoms with E-state index in [1.54, 1.807) is 32.4 Å². The van der Waals surface area contributed by atoms with E-state index >= 15 is 0 Å². The number of hydrogen-bond donors (Lipinski definition) is 0. The van der Waals surface area contributed by atoms with Crippen molar-refractivity contribution < 1.29 is 18.7 Å². The maximum atomic E-state index is 13.3. The molecule has 1 fully saturated rings. The van der Waals surface area contributed by atoms with Crippen molar-refractivity contribution in [1.29, 1.82) is 0 Å². The van der Waals surface area contributed by atoms with Crippen LogP contribution in [0.4, 0.5) is 4.39 Å². The lowest BCUT2D eigenvalue weighted by Gasteiger charge is -2.25. The van der Waals surface area contributed by atoms with Crippen LogP contribution in [0.25, 0.3) is 6.08 Å². The summed E-state index contributed by atoms with van der Waals surface area (Å²) in [6.07, 6.45) is 4.96. The molecule has 0 saturated carbocycles. The van der Waals surface area contributed by atoms with Crippen molar-refractivity contribution in [3.8, 4) is 11.5 Å². The third-order valence-electron chi connectivity index (χ3n) is 4.60. The predicted molar refractivity (Wildman–Crippen MR) is 98.7 cm³/mol. The molecule has 0 N–H and O–H groups in total. The molecule has 0 aromatic heterocycles. The van der Waals surface area contributed by atoms with Gasteiger partial charge in [0.1, 0.15) is 17.3 Å². The highest BCUT2D eigenvalue weighted by atomic mass is 19.1. The summed E-state index contributed by atoms with van der Waals surface area (Å²) in [7, 11) is 3.22. The number of halogens is 1. The van der Waals surface area contributed by atoms with E-state index in [0.29, 0.717) is 23.6 Å². The molecule has 1 saturated heterocycles. The van der Waals surface area contributed by atoms with Crippen molar-refractivity contribution in [3.05, 3.63) is 65.5 Å². The van der Waals surface area contributed by atoms with Gasteiger partial charge in [-0.3, -0.25) is 4.79 Å². The lowest BCUT2D eigenvalue weighted by Crippen LogP contribution is -2.29. The fourth-order valence-corrected chi connectivity index (χ4v) is 3.32. The number of benzene rings is 2. The minimum Gasteiger partial charge on any atom is -0.497 e. The van der Waals surface area contributed by atoms with E-state index in [2.05, 4.69) is 0 Å². The molecule has 1 heterocycles. The van der Waals surface area contributed by atoms with Crippen LogP contribution in [0.15, 0.2) is 48.5 Å². The van der Waals surface area contributed by atoms with Crippen LogP contribution in [0.3, 0.4) is 0 Å². The first-order chi connectivity index (χ1) is 12.6. The third-order valence-corrected chi connectivity index (χ3v) is 4.60. The predicted octanol–water partition coefficient (Wildman–Crippen LogP) is 4.22. The fraction of sp³-hybridized carbons (Fsp3) is 0.286. The normalized spacial score (nSPS) is 16.9. The number of likely N-dealkylation sites (tertiary alicyclic amines) is 1. The molecule has 5 heteroatoms. The highest BCUT2D eigenvalue weighted by Gasteiger charge is 2.30. The van der Waals surface area contributed by atoms with E-state index in [-0.39, 0.29) is 17.8 Å². The molecule has 1 aliphatic rings. The van der Waals surface area contributed by atoms with Gasteiger partial charge in [-0.05, 0) is 48.7 Å². The Kier molecular flexibility index (Phi) is 5.56. The Bertz CT molecular complexity index is 819. The number of nitrogens with zero attached hydrogens (tertiary/aromatic N) is 1. The molecule has 2 aromatic rings. The van der Waals surface area contributed by atoms with Crippen LogP contribution in [0.5, 0.6) is 11.5 Å². The molecule has 2 aromatic carbocycles. The maximum absolute atomic E-state index is 13.3. The molecule has 0 bridgehead atoms. The van der Waals surface area contributed by atoms with Gasteiger partial charge in [-0.2, -0.15) is 0 Å². The minimum atomic E-state index is -0.318. The monoisotopic (exact) mass is 355 g/mol. The van der Waals surface area contributed by atoms with Gasteiger partial charge in [0, 0.05) is 24.3 Å². The molecular weight excluding hydrogens is 333 g/mol. The van der Waals surface area contributed by atoms with E-state index in [9.17, 15) is 9.18 Å². The number of carbonyl (C=O) groups is 1. The van der Waals surface area contributed by atoms with Gasteiger partial charge < -0.3 is 14.4 Å². The van der Waals surface area contributed by atoms with Crippen LogP contribution in [-0.2, 0) is 4.79 Å². The third kappa shape index (κ3) is 3.87. The van der Waals surface area contributed by atoms with Crippen LogP contribution in [0.2, 0.25) is 0 Å². The molecule has 136 valence electrons. The Morgan fingerprint density at radius 1 is 1.19 bits per heavy atom. The quantitative estimate of drug-likeness (QED) is 0.754. The van der Waals surface area contributed by atoms with Crippen LogP contribution < -0.4 is 9.47 Å². The summed E-state index contributed by atoms with van der Waals surface area (Å²) in [5, 5.41) is 0. The summed E-state index contributed by atoms with van der Waals surface area (Å²) in [6.45, 7) is 0.687. The first kappa shape index (κ1) is 18.0. The summed E-state index contributed by atoms with van der Waals surface area (Å²) in [5.41, 5.74) is 1.63. The average Bonchev–Trinajstić information content (AvgIpc) is 3.15. The highest BCUT2D eigenvalue weighted by molar-refractivity contribution is 5.92. The van der Waals surface area contributed by atoms with Gasteiger partial charge in [-0.1, -0.05) is 12.1 Å². The molecule has 3 rings (SSSR count). The Morgan fingerprint density at radius 2 is 2.04 bits per heavy atom. The Hall–Kier alpha value is -2.82. The zero-order valence-corrected chi connectivity index (χ0v) is 14.9. The summed E-state index contributed by atoms with van der Waals surface area (Å²) in [6, 6.07) is 11.8. The molecule has 1 atom stereocenters. The molecular formula is C21H22FNO3. The second-order valence-corrected chi connectivity index (χ2v) is 6.19. The van der Waals surface area contributed by atoms with E-state index in [1.165, 1.54) is 18.2 Å². The molecule has 1 amide bonds. The van der Waals surface area contributed by atoms with Crippen molar-refractivity contribution in [3.63, 3.8) is 0 Å². The second-order valence-electron chi connectivity index (χ2n) is 6.19. The average molecular weight is 355 g/mol. The van der Waals surface area contributed by atoms with E-state index in [1.807, 2.05) is 23.1 Å². The summed E-state index contributed by atoms with van der Waals surface area (Å²) in [5.74, 6) is 1.02. The van der Waals surface area contributed by atoms with Gasteiger partial charge in [0.25, 0.3) is 0 Å². The number of amides is 1. The SMILES string of the molecule is COc1ccc(C2CCCN2C(=O)/C=C/c2cccc(F)c2)c(OC)c1. The van der Waals surface area contributed by atoms with Gasteiger partial charge in [0.2, 0.25) is 5.91 Å². The van der Waals surface area contributed by atoms with Crippen molar-refractivity contribution in [2.45, 2.75) is 18.9 Å². The molecule has 26 heavy (non-hydrogen) atoms. The highest BCUT2D eigenvalue weighted by Crippen LogP contribution is 2.38. The molecule has 1 unspecified atom stereocenters. The summed E-state index contributed by atoms with van der Waals surface area (Å²) >= 11 is 0. The zero-order chi connectivity index (χ0) is 18.5. The number of hydrogen-bond acceptors (Lipinski definition) is 3. The Morgan fingerprint density at radius 3 is 2.77 bits per heavy atom. The maximum Gasteiger partial charge on any atom is 0.247 e. The van der Waals surface area contributed by atoms with Crippen molar-refractivity contribution in [1.82, 2.24) is 4.90 Å². The molecule has 1 aliphatic heterocycles. The van der Waals surface area contributed by atoms with E-state index in [4.69, 9.17) is 9.47 Å². The number of methoxy groups -OCH3 is 2. The largest absolute Gasteiger partial charge is 0.497 e. The molecule has 4 nitrogen and oxygen atoms in total. The van der Waals surface area contributed by atoms with Gasteiger partial charge >= 0.3 is 0 Å². The Labute approximate surface area is 152 Å². The standard InChI is InChI=1S/C21H22FNO3/c1-25-17-9-10-18(20(14-17)26-2)19-7-4-12-23(19)21(24)11-8-15-5-3-6-16(22)13-15/h3,5-6,8-11,13-14,19H,4,7,12H2,1-2H3/b11-8+. The number of rotatable bonds is 5. The second kappa shape index (κ2) is 8.04. The van der Waals surface area contributed by atoms with Crippen LogP contribution in [0.1, 0.15) is 30.0 Å². The lowest BCUT2D eigenvalue weighted by atomic mass is 10.0. The van der Waals surface area contributed by atoms with Crippen molar-refractivity contribution in [2.24, 2.45) is 0 Å². The Balaban J connectivity index is 1.80. The van der Waals surface area contributed by atoms with Crippen LogP contribution in [-0.4, -0.2) is 31.6 Å². The van der Waals surface area contributed by atoms with Crippen LogP contribution in [0, 0.1) is 5.82 Å². The first-order valence-electron chi connectivity index (χ1n) is 8.58. The first-order valence-corrected chi connectivity index (χ1v) is 8.58. The van der Waals surface area contributed by atoms with Gasteiger partial charge in [-0.15, -0.1) is 0 Å². The van der Waals surface area contributed by atoms with Gasteiger partial charge in [0.05, 0.1) is 20.3 Å². The van der Waals surface area contributed by atoms with Crippen LogP contribution >= 0.6 is 0 Å². The zero-order valence-electron chi connectivity index (χ0n) is 14.9. The number of ether oxygens (including phenoxy) is 2. The smallest absolute Gasteiger partial charge is 0.247 e. The molecule has 0 aliphatic carbocycles. The summed E-state index contributed by atoms with van der Waals surface area (Å²) in [4.78, 5) is 14.5. The fourth-order valence-electron chi connectivity index (χ4n) is 3.32. The lowest BCUT2D eigenvalue weighted by molar-refractivity contribution is -0.126. The number of carbonyl (C=O) groups excluding carboxylic acids is 1. The van der Waals surface area contributed by atoms with Gasteiger partial charge in [0.15, 0.2) is 0 Å².